The van der Waals surface area contributed by atoms with Gasteiger partial charge in [-0.1, -0.05) is 44.7 Å². The van der Waals surface area contributed by atoms with Gasteiger partial charge in [0.25, 0.3) is 0 Å². The van der Waals surface area contributed by atoms with E-state index in [0.717, 1.165) is 5.75 Å². The Bertz CT molecular complexity index is 752. The molecule has 24 heavy (non-hydrogen) atoms. The fraction of sp³-hybridized carbons (Fsp3) is 0.471. The molecule has 0 amide bonds. The fourth-order valence-corrected chi connectivity index (χ4v) is 3.30. The number of carbonyl (C=O) groups is 1. The van der Waals surface area contributed by atoms with Crippen LogP contribution in [0.2, 0.25) is 0 Å². The van der Waals surface area contributed by atoms with Crippen molar-refractivity contribution in [1.82, 2.24) is 14.8 Å². The highest BCUT2D eigenvalue weighted by atomic mass is 32.2. The van der Waals surface area contributed by atoms with Crippen LogP contribution in [0.4, 0.5) is 0 Å². The van der Waals surface area contributed by atoms with Crippen molar-refractivity contribution < 1.29 is 14.3 Å². The molecule has 0 saturated carbocycles. The normalized spacial score (nSPS) is 16.9. The van der Waals surface area contributed by atoms with Crippen molar-refractivity contribution in [2.45, 2.75) is 32.0 Å². The number of carbonyl (C=O) groups excluding carboxylic acids is 1. The van der Waals surface area contributed by atoms with Crippen LogP contribution >= 0.6 is 11.8 Å². The van der Waals surface area contributed by atoms with Gasteiger partial charge in [0.05, 0.1) is 5.75 Å². The molecule has 1 aromatic carbocycles. The molecular formula is C17H21N3O3S. The molecule has 0 spiro atoms. The number of aromatic nitrogens is 3. The number of ketones is 1. The highest BCUT2D eigenvalue weighted by Gasteiger charge is 2.28. The van der Waals surface area contributed by atoms with Gasteiger partial charge in [0.1, 0.15) is 12.4 Å². The number of thioether (sulfide) groups is 1. The summed E-state index contributed by atoms with van der Waals surface area (Å²) in [6.45, 7) is 6.14. The lowest BCUT2D eigenvalue weighted by Gasteiger charge is -2.25. The lowest BCUT2D eigenvalue weighted by molar-refractivity contribution is -0.123. The third kappa shape index (κ3) is 3.40. The molecule has 2 aromatic rings. The van der Waals surface area contributed by atoms with Gasteiger partial charge in [-0.3, -0.25) is 4.79 Å². The van der Waals surface area contributed by atoms with Crippen LogP contribution in [0.25, 0.3) is 0 Å². The van der Waals surface area contributed by atoms with Crippen molar-refractivity contribution in [1.29, 1.82) is 0 Å². The first-order valence-corrected chi connectivity index (χ1v) is 8.78. The topological polar surface area (TPSA) is 66.2 Å². The zero-order valence-corrected chi connectivity index (χ0v) is 15.1. The van der Waals surface area contributed by atoms with Gasteiger partial charge in [-0.15, -0.1) is 10.2 Å². The number of Topliss-reactive ketones (excluding diaryl/α,β-unsaturated/α-hetero) is 1. The number of hydrogen-bond acceptors (Lipinski definition) is 6. The van der Waals surface area contributed by atoms with E-state index in [1.807, 2.05) is 56.7 Å². The zero-order chi connectivity index (χ0) is 17.3. The maximum absolute atomic E-state index is 12.1. The van der Waals surface area contributed by atoms with E-state index < -0.39 is 0 Å². The Hall–Kier alpha value is -2.02. The Balaban J connectivity index is 1.71. The van der Waals surface area contributed by atoms with E-state index >= 15 is 0 Å². The third-order valence-corrected chi connectivity index (χ3v) is 4.85. The number of rotatable bonds is 4. The molecule has 0 unspecified atom stereocenters. The van der Waals surface area contributed by atoms with Crippen LogP contribution in [0.15, 0.2) is 29.4 Å². The first-order valence-electron chi connectivity index (χ1n) is 7.80. The summed E-state index contributed by atoms with van der Waals surface area (Å²) in [4.78, 5) is 12.1. The predicted molar refractivity (Wildman–Crippen MR) is 91.5 cm³/mol. The molecule has 0 radical (unpaired) electrons. The van der Waals surface area contributed by atoms with Gasteiger partial charge in [-0.2, -0.15) is 0 Å². The van der Waals surface area contributed by atoms with Crippen molar-refractivity contribution in [2.24, 2.45) is 12.5 Å². The molecule has 3 rings (SSSR count). The average Bonchev–Trinajstić information content (AvgIpc) is 2.92. The molecule has 1 aliphatic rings. The molecule has 0 aliphatic carbocycles. The molecule has 128 valence electrons. The van der Waals surface area contributed by atoms with Gasteiger partial charge < -0.3 is 14.0 Å². The summed E-state index contributed by atoms with van der Waals surface area (Å²) in [6, 6.07) is 7.56. The van der Waals surface area contributed by atoms with Crippen LogP contribution in [-0.2, 0) is 11.8 Å². The van der Waals surface area contributed by atoms with Crippen LogP contribution in [-0.4, -0.2) is 32.9 Å². The van der Waals surface area contributed by atoms with Crippen LogP contribution in [0, 0.1) is 5.41 Å². The van der Waals surface area contributed by atoms with Crippen molar-refractivity contribution in [2.75, 3.05) is 12.4 Å². The highest BCUT2D eigenvalue weighted by molar-refractivity contribution is 7.99. The molecule has 0 saturated heterocycles. The second-order valence-electron chi connectivity index (χ2n) is 6.73. The maximum atomic E-state index is 12.1. The Labute approximate surface area is 145 Å². The Morgan fingerprint density at radius 1 is 1.29 bits per heavy atom. The molecule has 7 heteroatoms. The molecule has 0 fully saturated rings. The minimum Gasteiger partial charge on any atom is -0.485 e. The highest BCUT2D eigenvalue weighted by Crippen LogP contribution is 2.35. The summed E-state index contributed by atoms with van der Waals surface area (Å²) >= 11 is 1.40. The van der Waals surface area contributed by atoms with E-state index in [1.165, 1.54) is 11.8 Å². The van der Waals surface area contributed by atoms with Crippen LogP contribution in [0.5, 0.6) is 11.5 Å². The molecule has 1 atom stereocenters. The van der Waals surface area contributed by atoms with Gasteiger partial charge in [0.2, 0.25) is 0 Å². The van der Waals surface area contributed by atoms with E-state index in [0.29, 0.717) is 29.1 Å². The second-order valence-corrected chi connectivity index (χ2v) is 7.67. The third-order valence-electron chi connectivity index (χ3n) is 3.83. The fourth-order valence-electron chi connectivity index (χ4n) is 2.23. The number of fused-ring (bicyclic) bond motifs is 1. The lowest BCUT2D eigenvalue weighted by Crippen LogP contribution is -2.24. The first kappa shape index (κ1) is 16.8. The second kappa shape index (κ2) is 6.47. The Morgan fingerprint density at radius 3 is 2.71 bits per heavy atom. The number of nitrogens with zero attached hydrogens (tertiary/aromatic N) is 3. The summed E-state index contributed by atoms with van der Waals surface area (Å²) in [5, 5.41) is 9.12. The van der Waals surface area contributed by atoms with Gasteiger partial charge in [-0.05, 0) is 12.1 Å². The van der Waals surface area contributed by atoms with E-state index in [1.54, 1.807) is 0 Å². The molecule has 2 heterocycles. The van der Waals surface area contributed by atoms with Crippen molar-refractivity contribution in [3.63, 3.8) is 0 Å². The summed E-state index contributed by atoms with van der Waals surface area (Å²) in [7, 11) is 1.88. The predicted octanol–water partition coefficient (Wildman–Crippen LogP) is 3.03. The van der Waals surface area contributed by atoms with Crippen molar-refractivity contribution >= 4 is 17.5 Å². The summed E-state index contributed by atoms with van der Waals surface area (Å²) in [5.74, 6) is 2.69. The van der Waals surface area contributed by atoms with Crippen molar-refractivity contribution in [3.8, 4) is 11.5 Å². The minimum absolute atomic E-state index is 0.184. The van der Waals surface area contributed by atoms with E-state index in [2.05, 4.69) is 10.2 Å². The van der Waals surface area contributed by atoms with Gasteiger partial charge >= 0.3 is 0 Å². The molecular weight excluding hydrogens is 326 g/mol. The zero-order valence-electron chi connectivity index (χ0n) is 14.3. The van der Waals surface area contributed by atoms with Crippen molar-refractivity contribution in [3.05, 3.63) is 30.1 Å². The maximum Gasteiger partial charge on any atom is 0.192 e. The van der Waals surface area contributed by atoms with Crippen LogP contribution in [0.3, 0.4) is 0 Å². The first-order chi connectivity index (χ1) is 11.4. The molecule has 1 aromatic heterocycles. The van der Waals surface area contributed by atoms with Crippen LogP contribution < -0.4 is 9.47 Å². The van der Waals surface area contributed by atoms with Gasteiger partial charge in [-0.25, -0.2) is 0 Å². The average molecular weight is 347 g/mol. The molecule has 0 bridgehead atoms. The summed E-state index contributed by atoms with van der Waals surface area (Å²) < 4.78 is 13.6. The van der Waals surface area contributed by atoms with E-state index in [-0.39, 0.29) is 17.3 Å². The summed E-state index contributed by atoms with van der Waals surface area (Å²) in [6.07, 6.45) is -0.315. The van der Waals surface area contributed by atoms with Crippen LogP contribution in [0.1, 0.15) is 32.7 Å². The number of hydrogen-bond donors (Lipinski definition) is 0. The van der Waals surface area contributed by atoms with E-state index in [9.17, 15) is 4.79 Å². The quantitative estimate of drug-likeness (QED) is 0.792. The lowest BCUT2D eigenvalue weighted by atomic mass is 9.92. The standard InChI is InChI=1S/C17H21N3O3S/c1-17(2,3)14(21)10-24-16-19-18-15(20(16)4)13-9-22-11-7-5-6-8-12(11)23-13/h5-8,13H,9-10H2,1-4H3/t13-/m0/s1. The largest absolute Gasteiger partial charge is 0.485 e. The number of para-hydroxylation sites is 2. The number of benzene rings is 1. The Kier molecular flexibility index (Phi) is 4.54. The SMILES string of the molecule is Cn1c(SCC(=O)C(C)(C)C)nnc1[C@@H]1COc2ccccc2O1. The monoisotopic (exact) mass is 347 g/mol. The molecule has 0 N–H and O–H groups in total. The van der Waals surface area contributed by atoms with E-state index in [4.69, 9.17) is 9.47 Å². The Morgan fingerprint density at radius 2 is 2.00 bits per heavy atom. The smallest absolute Gasteiger partial charge is 0.192 e. The van der Waals surface area contributed by atoms with Gasteiger partial charge in [0.15, 0.2) is 28.6 Å². The number of ether oxygens (including phenoxy) is 2. The molecule has 6 nitrogen and oxygen atoms in total. The van der Waals surface area contributed by atoms with Gasteiger partial charge in [0, 0.05) is 12.5 Å². The summed E-state index contributed by atoms with van der Waals surface area (Å²) in [5.41, 5.74) is -0.349. The molecule has 1 aliphatic heterocycles. The minimum atomic E-state index is -0.349.